The first-order valence-electron chi connectivity index (χ1n) is 9.85. The quantitative estimate of drug-likeness (QED) is 0.649. The number of hydrogen-bond acceptors (Lipinski definition) is 5. The molecule has 29 heavy (non-hydrogen) atoms. The molecule has 0 spiro atoms. The van der Waals surface area contributed by atoms with E-state index in [0.717, 1.165) is 53.7 Å². The Balaban J connectivity index is 1.55. The van der Waals surface area contributed by atoms with E-state index in [2.05, 4.69) is 14.9 Å². The lowest BCUT2D eigenvalue weighted by Crippen LogP contribution is -2.27. The molecule has 0 aliphatic carbocycles. The fourth-order valence-electron chi connectivity index (χ4n) is 3.66. The summed E-state index contributed by atoms with van der Waals surface area (Å²) in [6.45, 7) is 4.64. The third-order valence-corrected chi connectivity index (χ3v) is 5.31. The highest BCUT2D eigenvalue weighted by Gasteiger charge is 2.24. The average Bonchev–Trinajstić information content (AvgIpc) is 2.74. The van der Waals surface area contributed by atoms with Crippen molar-refractivity contribution >= 4 is 17.3 Å². The van der Waals surface area contributed by atoms with Gasteiger partial charge < -0.3 is 4.90 Å². The molecule has 0 saturated carbocycles. The van der Waals surface area contributed by atoms with Crippen LogP contribution >= 0.6 is 0 Å². The number of aromatic nitrogens is 3. The van der Waals surface area contributed by atoms with Crippen LogP contribution in [0.3, 0.4) is 0 Å². The molecule has 1 aliphatic rings. The highest BCUT2D eigenvalue weighted by Crippen LogP contribution is 2.32. The number of benzene rings is 1. The molecule has 0 fully saturated rings. The number of nitrogens with zero attached hydrogens (tertiary/aromatic N) is 4. The zero-order chi connectivity index (χ0) is 20.4. The molecule has 1 atom stereocenters. The molecule has 1 aliphatic heterocycles. The lowest BCUT2D eigenvalue weighted by molar-refractivity contribution is -0.119. The van der Waals surface area contributed by atoms with E-state index in [1.807, 2.05) is 32.0 Å². The topological polar surface area (TPSA) is 59.0 Å². The summed E-state index contributed by atoms with van der Waals surface area (Å²) < 4.78 is 13.1. The average molecular weight is 390 g/mol. The van der Waals surface area contributed by atoms with Gasteiger partial charge in [-0.1, -0.05) is 12.1 Å². The van der Waals surface area contributed by atoms with Crippen molar-refractivity contribution in [3.63, 3.8) is 0 Å². The smallest absolute Gasteiger partial charge is 0.145 e. The van der Waals surface area contributed by atoms with Crippen LogP contribution in [0.4, 0.5) is 15.9 Å². The van der Waals surface area contributed by atoms with Crippen LogP contribution in [0.2, 0.25) is 0 Å². The van der Waals surface area contributed by atoms with Gasteiger partial charge >= 0.3 is 0 Å². The maximum Gasteiger partial charge on any atom is 0.145 e. The fraction of sp³-hybridized carbons (Fsp3) is 0.304. The third kappa shape index (κ3) is 4.16. The number of fused-ring (bicyclic) bond motifs is 1. The van der Waals surface area contributed by atoms with E-state index in [0.29, 0.717) is 0 Å². The van der Waals surface area contributed by atoms with Crippen LogP contribution < -0.4 is 4.90 Å². The zero-order valence-corrected chi connectivity index (χ0v) is 16.6. The van der Waals surface area contributed by atoms with Gasteiger partial charge in [0, 0.05) is 19.2 Å². The van der Waals surface area contributed by atoms with Gasteiger partial charge in [0.2, 0.25) is 0 Å². The van der Waals surface area contributed by atoms with Gasteiger partial charge in [0.1, 0.15) is 23.2 Å². The van der Waals surface area contributed by atoms with Crippen LogP contribution in [0.5, 0.6) is 0 Å². The van der Waals surface area contributed by atoms with Crippen LogP contribution in [0, 0.1) is 12.7 Å². The molecule has 0 saturated heterocycles. The number of Topliss-reactive ketones (excluding diaryl/α,β-unsaturated/α-hetero) is 1. The van der Waals surface area contributed by atoms with Crippen LogP contribution in [0.1, 0.15) is 42.0 Å². The Morgan fingerprint density at radius 1 is 1.14 bits per heavy atom. The molecule has 148 valence electrons. The number of rotatable bonds is 5. The number of aryl methyl sites for hydroxylation is 2. The Kier molecular flexibility index (Phi) is 5.34. The monoisotopic (exact) mass is 390 g/mol. The number of carbonyl (C=O) groups is 1. The largest absolute Gasteiger partial charge is 0.325 e. The summed E-state index contributed by atoms with van der Waals surface area (Å²) >= 11 is 0. The third-order valence-electron chi connectivity index (χ3n) is 5.31. The number of ketones is 1. The lowest BCUT2D eigenvalue weighted by Gasteiger charge is -2.30. The van der Waals surface area contributed by atoms with Gasteiger partial charge in [0.05, 0.1) is 23.0 Å². The Morgan fingerprint density at radius 2 is 1.93 bits per heavy atom. The second kappa shape index (κ2) is 8.07. The molecular weight excluding hydrogens is 367 g/mol. The minimum atomic E-state index is -0.318. The first-order valence-corrected chi connectivity index (χ1v) is 9.85. The van der Waals surface area contributed by atoms with E-state index >= 15 is 0 Å². The Morgan fingerprint density at radius 3 is 2.69 bits per heavy atom. The van der Waals surface area contributed by atoms with Crippen molar-refractivity contribution in [1.82, 2.24) is 15.0 Å². The van der Waals surface area contributed by atoms with Gasteiger partial charge in [0.25, 0.3) is 0 Å². The van der Waals surface area contributed by atoms with E-state index < -0.39 is 0 Å². The minimum absolute atomic E-state index is 0.0724. The van der Waals surface area contributed by atoms with Gasteiger partial charge in [-0.3, -0.25) is 9.78 Å². The number of hydrogen-bond donors (Lipinski definition) is 0. The summed E-state index contributed by atoms with van der Waals surface area (Å²) in [5.74, 6) is 1.06. The SMILES string of the molecule is Cc1nccc(N2CCCc3nc(C(C)C(=O)Cc4ccc(F)cc4)ccc32)n1. The van der Waals surface area contributed by atoms with Crippen LogP contribution in [-0.2, 0) is 17.6 Å². The molecule has 1 aromatic carbocycles. The highest BCUT2D eigenvalue weighted by atomic mass is 19.1. The van der Waals surface area contributed by atoms with Crippen molar-refractivity contribution in [1.29, 1.82) is 0 Å². The number of halogens is 1. The molecule has 4 rings (SSSR count). The van der Waals surface area contributed by atoms with E-state index in [-0.39, 0.29) is 23.9 Å². The number of pyridine rings is 1. The zero-order valence-electron chi connectivity index (χ0n) is 16.6. The molecule has 3 heterocycles. The molecule has 6 heteroatoms. The maximum atomic E-state index is 13.1. The number of carbonyl (C=O) groups excluding carboxylic acids is 1. The summed E-state index contributed by atoms with van der Waals surface area (Å²) in [5, 5.41) is 0. The number of anilines is 2. The summed E-state index contributed by atoms with van der Waals surface area (Å²) in [6.07, 6.45) is 3.89. The molecule has 0 bridgehead atoms. The molecule has 0 radical (unpaired) electrons. The fourth-order valence-corrected chi connectivity index (χ4v) is 3.66. The lowest BCUT2D eigenvalue weighted by atomic mass is 9.95. The Labute approximate surface area is 169 Å². The predicted octanol–water partition coefficient (Wildman–Crippen LogP) is 4.32. The van der Waals surface area contributed by atoms with E-state index in [1.165, 1.54) is 12.1 Å². The van der Waals surface area contributed by atoms with Gasteiger partial charge in [0.15, 0.2) is 0 Å². The molecule has 2 aromatic heterocycles. The van der Waals surface area contributed by atoms with Crippen molar-refractivity contribution in [3.05, 3.63) is 77.3 Å². The first-order chi connectivity index (χ1) is 14.0. The van der Waals surface area contributed by atoms with Crippen molar-refractivity contribution in [2.45, 2.75) is 39.0 Å². The summed E-state index contributed by atoms with van der Waals surface area (Å²) in [7, 11) is 0. The second-order valence-corrected chi connectivity index (χ2v) is 7.41. The molecule has 0 amide bonds. The second-order valence-electron chi connectivity index (χ2n) is 7.41. The molecular formula is C23H23FN4O. The molecule has 1 unspecified atom stereocenters. The van der Waals surface area contributed by atoms with E-state index in [1.54, 1.807) is 18.3 Å². The predicted molar refractivity (Wildman–Crippen MR) is 110 cm³/mol. The summed E-state index contributed by atoms with van der Waals surface area (Å²) in [6, 6.07) is 11.9. The Hall–Kier alpha value is -3.15. The molecule has 0 N–H and O–H groups in total. The maximum absolute atomic E-state index is 13.1. The van der Waals surface area contributed by atoms with Crippen molar-refractivity contribution in [3.8, 4) is 0 Å². The van der Waals surface area contributed by atoms with Gasteiger partial charge in [-0.2, -0.15) is 0 Å². The minimum Gasteiger partial charge on any atom is -0.325 e. The summed E-state index contributed by atoms with van der Waals surface area (Å²) in [5.41, 5.74) is 3.62. The van der Waals surface area contributed by atoms with Gasteiger partial charge in [-0.05, 0) is 62.6 Å². The van der Waals surface area contributed by atoms with Gasteiger partial charge in [-0.25, -0.2) is 14.4 Å². The van der Waals surface area contributed by atoms with E-state index in [4.69, 9.17) is 4.98 Å². The molecule has 5 nitrogen and oxygen atoms in total. The normalized spacial score (nSPS) is 14.4. The van der Waals surface area contributed by atoms with Crippen molar-refractivity contribution < 1.29 is 9.18 Å². The standard InChI is InChI=1S/C23H23FN4O/c1-15(22(29)14-17-5-7-18(24)8-6-17)19-9-10-21-20(27-19)4-3-13-28(21)23-11-12-25-16(2)26-23/h5-12,15H,3-4,13-14H2,1-2H3. The molecule has 3 aromatic rings. The van der Waals surface area contributed by atoms with Crippen LogP contribution in [0.15, 0.2) is 48.7 Å². The van der Waals surface area contributed by atoms with E-state index in [9.17, 15) is 9.18 Å². The van der Waals surface area contributed by atoms with Crippen LogP contribution in [-0.4, -0.2) is 27.3 Å². The first kappa shape index (κ1) is 19.2. The highest BCUT2D eigenvalue weighted by molar-refractivity contribution is 5.87. The van der Waals surface area contributed by atoms with Crippen molar-refractivity contribution in [2.75, 3.05) is 11.4 Å². The Bertz CT molecular complexity index is 1040. The van der Waals surface area contributed by atoms with Crippen molar-refractivity contribution in [2.24, 2.45) is 0 Å². The van der Waals surface area contributed by atoms with Crippen LogP contribution in [0.25, 0.3) is 0 Å². The van der Waals surface area contributed by atoms with Gasteiger partial charge in [-0.15, -0.1) is 0 Å². The summed E-state index contributed by atoms with van der Waals surface area (Å²) in [4.78, 5) is 28.4.